The molecule has 234 valence electrons. The van der Waals surface area contributed by atoms with Crippen LogP contribution in [-0.4, -0.2) is 65.9 Å². The third-order valence-electron chi connectivity index (χ3n) is 7.16. The minimum absolute atomic E-state index is 0.0359. The minimum atomic E-state index is -4.87. The van der Waals surface area contributed by atoms with Crippen molar-refractivity contribution in [3.05, 3.63) is 120 Å². The number of imide groups is 1. The molecule has 1 aliphatic rings. The fourth-order valence-corrected chi connectivity index (χ4v) is 5.35. The Hall–Kier alpha value is -5.11. The van der Waals surface area contributed by atoms with E-state index in [1.165, 1.54) is 17.2 Å². The second kappa shape index (κ2) is 13.1. The van der Waals surface area contributed by atoms with Gasteiger partial charge >= 0.3 is 13.8 Å². The molecule has 0 saturated carbocycles. The van der Waals surface area contributed by atoms with E-state index in [9.17, 15) is 28.7 Å². The average molecular weight is 644 g/mol. The molecule has 1 aliphatic heterocycles. The number of imidazole rings is 1. The lowest BCUT2D eigenvalue weighted by molar-refractivity contribution is -0.0491. The van der Waals surface area contributed by atoms with Crippen LogP contribution in [0.2, 0.25) is 0 Å². The number of benzene rings is 3. The lowest BCUT2D eigenvalue weighted by Gasteiger charge is -2.20. The van der Waals surface area contributed by atoms with E-state index in [1.807, 2.05) is 0 Å². The molecule has 3 aromatic carbocycles. The maximum Gasteiger partial charge on any atom is 0.469 e. The van der Waals surface area contributed by atoms with Gasteiger partial charge in [0.05, 0.1) is 18.5 Å². The molecule has 2 amide bonds. The summed E-state index contributed by atoms with van der Waals surface area (Å²) in [6.07, 6.45) is -0.355. The van der Waals surface area contributed by atoms with E-state index >= 15 is 0 Å². The number of ether oxygens (including phenoxy) is 2. The molecule has 1 fully saturated rings. The van der Waals surface area contributed by atoms with E-state index in [0.29, 0.717) is 0 Å². The van der Waals surface area contributed by atoms with Crippen molar-refractivity contribution in [3.8, 4) is 0 Å². The number of phosphoric acid groups is 1. The summed E-state index contributed by atoms with van der Waals surface area (Å²) < 4.78 is 29.4. The van der Waals surface area contributed by atoms with Gasteiger partial charge in [-0.25, -0.2) is 29.2 Å². The van der Waals surface area contributed by atoms with Crippen molar-refractivity contribution >= 4 is 42.6 Å². The molecule has 0 unspecified atom stereocenters. The second-order valence-corrected chi connectivity index (χ2v) is 11.4. The molecule has 15 heteroatoms. The average Bonchev–Trinajstić information content (AvgIpc) is 3.69. The number of amides is 2. The van der Waals surface area contributed by atoms with Crippen molar-refractivity contribution in [3.63, 3.8) is 0 Å². The highest BCUT2D eigenvalue weighted by molar-refractivity contribution is 7.46. The third kappa shape index (κ3) is 6.61. The van der Waals surface area contributed by atoms with Gasteiger partial charge in [0.2, 0.25) is 0 Å². The van der Waals surface area contributed by atoms with Crippen LogP contribution in [0.5, 0.6) is 0 Å². The number of hydrogen-bond donors (Lipinski definition) is 2. The van der Waals surface area contributed by atoms with Gasteiger partial charge in [0, 0.05) is 17.5 Å². The zero-order valence-electron chi connectivity index (χ0n) is 23.9. The minimum Gasteiger partial charge on any atom is -0.456 e. The summed E-state index contributed by atoms with van der Waals surface area (Å²) in [6.45, 7) is -0.578. The van der Waals surface area contributed by atoms with Gasteiger partial charge in [-0.3, -0.25) is 18.7 Å². The largest absolute Gasteiger partial charge is 0.469 e. The lowest BCUT2D eigenvalue weighted by atomic mass is 10.1. The van der Waals surface area contributed by atoms with Crippen LogP contribution in [0.15, 0.2) is 104 Å². The monoisotopic (exact) mass is 643 g/mol. The summed E-state index contributed by atoms with van der Waals surface area (Å²) in [4.78, 5) is 73.0. The normalized spacial score (nSPS) is 17.9. The molecule has 6 rings (SSSR count). The molecule has 0 bridgehead atoms. The summed E-state index contributed by atoms with van der Waals surface area (Å²) >= 11 is 0. The number of carbonyl (C=O) groups excluding carboxylic acids is 3. The van der Waals surface area contributed by atoms with Gasteiger partial charge in [0.1, 0.15) is 24.8 Å². The van der Waals surface area contributed by atoms with Gasteiger partial charge < -0.3 is 19.3 Å². The highest BCUT2D eigenvalue weighted by Gasteiger charge is 2.41. The zero-order chi connectivity index (χ0) is 32.3. The molecule has 46 heavy (non-hydrogen) atoms. The highest BCUT2D eigenvalue weighted by Crippen LogP contribution is 2.40. The molecule has 3 atom stereocenters. The summed E-state index contributed by atoms with van der Waals surface area (Å²) in [6, 6.07) is 24.7. The standard InChI is InChI=1S/C31H26N5O9P/c37-29(20-10-4-1-5-11-20)36(30(38)21-12-6-2-7-13-21)28-26-27(32-18-33-28)35(19-34-26)25-16-23(24(44-25)17-43-46(40,41)42)45-31(39)22-14-8-3-9-15-22/h1-15,18-19,23-25H,16-17H2,(H2,40,41,42)/t23-,24+,25+/m0/s1. The van der Waals surface area contributed by atoms with Crippen LogP contribution in [0.3, 0.4) is 0 Å². The van der Waals surface area contributed by atoms with Crippen LogP contribution in [0.1, 0.15) is 43.7 Å². The molecular weight excluding hydrogens is 617 g/mol. The van der Waals surface area contributed by atoms with Gasteiger partial charge in [-0.2, -0.15) is 0 Å². The number of fused-ring (bicyclic) bond motifs is 1. The molecule has 2 aromatic heterocycles. The van der Waals surface area contributed by atoms with Crippen LogP contribution < -0.4 is 4.90 Å². The van der Waals surface area contributed by atoms with E-state index in [0.717, 1.165) is 4.90 Å². The Kier molecular flexibility index (Phi) is 8.79. The van der Waals surface area contributed by atoms with Crippen LogP contribution in [0.4, 0.5) is 5.82 Å². The second-order valence-electron chi connectivity index (χ2n) is 10.2. The third-order valence-corrected chi connectivity index (χ3v) is 7.65. The predicted octanol–water partition coefficient (Wildman–Crippen LogP) is 3.94. The summed E-state index contributed by atoms with van der Waals surface area (Å²) in [5, 5.41) is 0. The fraction of sp³-hybridized carbons (Fsp3) is 0.161. The predicted molar refractivity (Wildman–Crippen MR) is 162 cm³/mol. The van der Waals surface area contributed by atoms with Crippen molar-refractivity contribution in [2.75, 3.05) is 11.5 Å². The Bertz CT molecular complexity index is 1870. The molecule has 2 N–H and O–H groups in total. The summed E-state index contributed by atoms with van der Waals surface area (Å²) in [5.41, 5.74) is 1.05. The SMILES string of the molecule is O=C(O[C@H]1C[C@H](n2cnc3c(N(C(=O)c4ccccc4)C(=O)c4ccccc4)ncnc32)O[C@@H]1COP(=O)(O)O)c1ccccc1. The van der Waals surface area contributed by atoms with Crippen LogP contribution in [0.25, 0.3) is 11.2 Å². The maximum absolute atomic E-state index is 13.8. The fourth-order valence-electron chi connectivity index (χ4n) is 5.01. The van der Waals surface area contributed by atoms with Crippen LogP contribution in [-0.2, 0) is 18.6 Å². The van der Waals surface area contributed by atoms with Crippen molar-refractivity contribution in [2.45, 2.75) is 24.9 Å². The Morgan fingerprint density at radius 3 is 1.98 bits per heavy atom. The number of rotatable bonds is 9. The molecular formula is C31H26N5O9P. The molecule has 0 radical (unpaired) electrons. The van der Waals surface area contributed by atoms with Gasteiger partial charge in [0.15, 0.2) is 17.0 Å². The number of hydrogen-bond acceptors (Lipinski definition) is 10. The number of esters is 1. The van der Waals surface area contributed by atoms with E-state index in [1.54, 1.807) is 91.0 Å². The van der Waals surface area contributed by atoms with Crippen LogP contribution >= 0.6 is 7.82 Å². The Morgan fingerprint density at radius 1 is 0.848 bits per heavy atom. The Balaban J connectivity index is 1.35. The summed E-state index contributed by atoms with van der Waals surface area (Å²) in [5.74, 6) is -2.00. The zero-order valence-corrected chi connectivity index (χ0v) is 24.8. The van der Waals surface area contributed by atoms with E-state index in [-0.39, 0.29) is 40.1 Å². The molecule has 1 saturated heterocycles. The molecule has 3 heterocycles. The van der Waals surface area contributed by atoms with Crippen molar-refractivity contribution < 1.29 is 42.7 Å². The number of aromatic nitrogens is 4. The smallest absolute Gasteiger partial charge is 0.456 e. The van der Waals surface area contributed by atoms with E-state index < -0.39 is 50.6 Å². The van der Waals surface area contributed by atoms with Gasteiger partial charge in [-0.05, 0) is 36.4 Å². The van der Waals surface area contributed by atoms with Gasteiger partial charge in [-0.15, -0.1) is 0 Å². The number of phosphoric ester groups is 1. The van der Waals surface area contributed by atoms with Gasteiger partial charge in [-0.1, -0.05) is 54.6 Å². The Labute approximate surface area is 261 Å². The first kappa shape index (κ1) is 30.9. The van der Waals surface area contributed by atoms with Crippen LogP contribution in [0, 0.1) is 0 Å². The van der Waals surface area contributed by atoms with Crippen molar-refractivity contribution in [1.29, 1.82) is 0 Å². The maximum atomic E-state index is 13.8. The molecule has 0 spiro atoms. The van der Waals surface area contributed by atoms with Gasteiger partial charge in [0.25, 0.3) is 11.8 Å². The molecule has 5 aromatic rings. The van der Waals surface area contributed by atoms with Crippen molar-refractivity contribution in [1.82, 2.24) is 19.5 Å². The number of anilines is 1. The first-order valence-electron chi connectivity index (χ1n) is 14.0. The van der Waals surface area contributed by atoms with E-state index in [2.05, 4.69) is 19.5 Å². The topological polar surface area (TPSA) is 183 Å². The number of nitrogens with zero attached hydrogens (tertiary/aromatic N) is 5. The summed E-state index contributed by atoms with van der Waals surface area (Å²) in [7, 11) is -4.87. The quantitative estimate of drug-likeness (QED) is 0.134. The lowest BCUT2D eigenvalue weighted by Crippen LogP contribution is -2.38. The number of carbonyl (C=O) groups is 3. The first-order valence-corrected chi connectivity index (χ1v) is 15.5. The van der Waals surface area contributed by atoms with Crippen molar-refractivity contribution in [2.24, 2.45) is 0 Å². The highest BCUT2D eigenvalue weighted by atomic mass is 31.2. The van der Waals surface area contributed by atoms with E-state index in [4.69, 9.17) is 9.47 Å². The Morgan fingerprint density at radius 2 is 1.41 bits per heavy atom. The molecule has 14 nitrogen and oxygen atoms in total. The first-order chi connectivity index (χ1) is 22.2. The molecule has 0 aliphatic carbocycles.